The fourth-order valence-electron chi connectivity index (χ4n) is 1.82. The Morgan fingerprint density at radius 2 is 2.00 bits per heavy atom. The van der Waals surface area contributed by atoms with E-state index in [0.717, 1.165) is 6.04 Å². The molecule has 0 radical (unpaired) electrons. The molecule has 0 aromatic heterocycles. The first kappa shape index (κ1) is 10.1. The Morgan fingerprint density at radius 3 is 2.71 bits per heavy atom. The van der Waals surface area contributed by atoms with Gasteiger partial charge in [0.25, 0.3) is 0 Å². The Labute approximate surface area is 90.6 Å². The van der Waals surface area contributed by atoms with Gasteiger partial charge >= 0.3 is 0 Å². The van der Waals surface area contributed by atoms with Gasteiger partial charge in [0.2, 0.25) is 0 Å². The van der Waals surface area contributed by atoms with Gasteiger partial charge < -0.3 is 0 Å². The SMILES string of the molecule is CC1CCCCN1Sc1ccccc1. The summed E-state index contributed by atoms with van der Waals surface area (Å²) in [7, 11) is 0. The summed E-state index contributed by atoms with van der Waals surface area (Å²) in [6, 6.07) is 11.4. The number of benzene rings is 1. The van der Waals surface area contributed by atoms with Crippen LogP contribution in [0.4, 0.5) is 0 Å². The van der Waals surface area contributed by atoms with Crippen LogP contribution in [0.2, 0.25) is 0 Å². The molecule has 1 saturated heterocycles. The molecule has 1 aliphatic heterocycles. The number of rotatable bonds is 2. The lowest BCUT2D eigenvalue weighted by Crippen LogP contribution is -2.31. The number of hydrogen-bond acceptors (Lipinski definition) is 2. The first-order valence-electron chi connectivity index (χ1n) is 5.36. The van der Waals surface area contributed by atoms with Crippen LogP contribution in [0.5, 0.6) is 0 Å². The lowest BCUT2D eigenvalue weighted by Gasteiger charge is -2.31. The van der Waals surface area contributed by atoms with Crippen LogP contribution in [-0.2, 0) is 0 Å². The van der Waals surface area contributed by atoms with E-state index in [4.69, 9.17) is 0 Å². The highest BCUT2D eigenvalue weighted by Gasteiger charge is 2.18. The van der Waals surface area contributed by atoms with E-state index in [1.54, 1.807) is 0 Å². The molecule has 1 aromatic carbocycles. The van der Waals surface area contributed by atoms with Crippen LogP contribution >= 0.6 is 11.9 Å². The molecule has 0 N–H and O–H groups in total. The number of piperidine rings is 1. The maximum Gasteiger partial charge on any atom is 0.0230 e. The van der Waals surface area contributed by atoms with E-state index >= 15 is 0 Å². The largest absolute Gasteiger partial charge is 0.244 e. The molecule has 1 fully saturated rings. The summed E-state index contributed by atoms with van der Waals surface area (Å²) in [5.74, 6) is 0. The Hall–Kier alpha value is -0.470. The van der Waals surface area contributed by atoms with E-state index in [1.807, 2.05) is 11.9 Å². The fraction of sp³-hybridized carbons (Fsp3) is 0.500. The minimum absolute atomic E-state index is 0.731. The summed E-state index contributed by atoms with van der Waals surface area (Å²) in [4.78, 5) is 1.36. The van der Waals surface area contributed by atoms with E-state index in [1.165, 1.54) is 30.7 Å². The molecule has 76 valence electrons. The smallest absolute Gasteiger partial charge is 0.0230 e. The summed E-state index contributed by atoms with van der Waals surface area (Å²) < 4.78 is 2.51. The average molecular weight is 207 g/mol. The standard InChI is InChI=1S/C12H17NS/c1-11-7-5-6-10-13(11)14-12-8-3-2-4-9-12/h2-4,8-9,11H,5-7,10H2,1H3. The van der Waals surface area contributed by atoms with Gasteiger partial charge in [-0.05, 0) is 43.8 Å². The van der Waals surface area contributed by atoms with Crippen LogP contribution in [0.25, 0.3) is 0 Å². The summed E-state index contributed by atoms with van der Waals surface area (Å²) in [5.41, 5.74) is 0. The molecule has 1 heterocycles. The number of nitrogens with zero attached hydrogens (tertiary/aromatic N) is 1. The van der Waals surface area contributed by atoms with Gasteiger partial charge in [-0.3, -0.25) is 0 Å². The van der Waals surface area contributed by atoms with Crippen molar-refractivity contribution in [2.45, 2.75) is 37.1 Å². The molecular formula is C12H17NS. The molecule has 1 atom stereocenters. The van der Waals surface area contributed by atoms with Crippen LogP contribution in [0.15, 0.2) is 35.2 Å². The normalized spacial score (nSPS) is 23.6. The molecule has 2 rings (SSSR count). The van der Waals surface area contributed by atoms with Crippen molar-refractivity contribution in [1.29, 1.82) is 0 Å². The van der Waals surface area contributed by atoms with Crippen molar-refractivity contribution in [2.75, 3.05) is 6.54 Å². The van der Waals surface area contributed by atoms with Gasteiger partial charge in [0.15, 0.2) is 0 Å². The van der Waals surface area contributed by atoms with E-state index < -0.39 is 0 Å². The van der Waals surface area contributed by atoms with Crippen LogP contribution in [-0.4, -0.2) is 16.9 Å². The van der Waals surface area contributed by atoms with Gasteiger partial charge in [-0.25, -0.2) is 4.31 Å². The Kier molecular flexibility index (Phi) is 3.49. The van der Waals surface area contributed by atoms with Gasteiger partial charge in [-0.2, -0.15) is 0 Å². The van der Waals surface area contributed by atoms with Gasteiger partial charge in [0.05, 0.1) is 0 Å². The predicted octanol–water partition coefficient (Wildman–Crippen LogP) is 3.57. The summed E-state index contributed by atoms with van der Waals surface area (Å²) in [6.07, 6.45) is 4.09. The second-order valence-electron chi connectivity index (χ2n) is 3.89. The third-order valence-corrected chi connectivity index (χ3v) is 3.97. The molecule has 0 amide bonds. The zero-order valence-electron chi connectivity index (χ0n) is 8.65. The van der Waals surface area contributed by atoms with Crippen molar-refractivity contribution in [1.82, 2.24) is 4.31 Å². The van der Waals surface area contributed by atoms with Crippen molar-refractivity contribution in [2.24, 2.45) is 0 Å². The lowest BCUT2D eigenvalue weighted by molar-refractivity contribution is 0.292. The molecule has 1 aliphatic rings. The van der Waals surface area contributed by atoms with E-state index in [0.29, 0.717) is 0 Å². The second-order valence-corrected chi connectivity index (χ2v) is 5.01. The van der Waals surface area contributed by atoms with Gasteiger partial charge in [-0.1, -0.05) is 24.6 Å². The molecule has 1 nitrogen and oxygen atoms in total. The second kappa shape index (κ2) is 4.85. The highest BCUT2D eigenvalue weighted by molar-refractivity contribution is 7.97. The van der Waals surface area contributed by atoms with Crippen LogP contribution in [0, 0.1) is 0 Å². The molecule has 0 aliphatic carbocycles. The molecule has 14 heavy (non-hydrogen) atoms. The van der Waals surface area contributed by atoms with Crippen molar-refractivity contribution in [3.63, 3.8) is 0 Å². The molecule has 1 aromatic rings. The van der Waals surface area contributed by atoms with Crippen molar-refractivity contribution in [3.05, 3.63) is 30.3 Å². The van der Waals surface area contributed by atoms with E-state index in [-0.39, 0.29) is 0 Å². The molecule has 2 heteroatoms. The predicted molar refractivity (Wildman–Crippen MR) is 62.3 cm³/mol. The molecular weight excluding hydrogens is 190 g/mol. The first-order chi connectivity index (χ1) is 6.86. The number of hydrogen-bond donors (Lipinski definition) is 0. The Morgan fingerprint density at radius 1 is 1.21 bits per heavy atom. The van der Waals surface area contributed by atoms with E-state index in [9.17, 15) is 0 Å². The van der Waals surface area contributed by atoms with Crippen LogP contribution < -0.4 is 0 Å². The van der Waals surface area contributed by atoms with E-state index in [2.05, 4.69) is 41.6 Å². The first-order valence-corrected chi connectivity index (χ1v) is 6.13. The van der Waals surface area contributed by atoms with Crippen molar-refractivity contribution < 1.29 is 0 Å². The highest BCUT2D eigenvalue weighted by Crippen LogP contribution is 2.29. The zero-order chi connectivity index (χ0) is 9.80. The maximum atomic E-state index is 2.51. The molecule has 1 unspecified atom stereocenters. The monoisotopic (exact) mass is 207 g/mol. The van der Waals surface area contributed by atoms with Crippen molar-refractivity contribution >= 4 is 11.9 Å². The van der Waals surface area contributed by atoms with Gasteiger partial charge in [0.1, 0.15) is 0 Å². The third kappa shape index (κ3) is 2.52. The third-order valence-electron chi connectivity index (χ3n) is 2.71. The minimum Gasteiger partial charge on any atom is -0.244 e. The minimum atomic E-state index is 0.731. The Bertz CT molecular complexity index is 273. The van der Waals surface area contributed by atoms with Gasteiger partial charge in [0, 0.05) is 17.5 Å². The summed E-state index contributed by atoms with van der Waals surface area (Å²) in [6.45, 7) is 3.57. The van der Waals surface area contributed by atoms with Crippen LogP contribution in [0.3, 0.4) is 0 Å². The zero-order valence-corrected chi connectivity index (χ0v) is 9.46. The lowest BCUT2D eigenvalue weighted by atomic mass is 10.1. The molecule has 0 bridgehead atoms. The summed E-state index contributed by atoms with van der Waals surface area (Å²) in [5, 5.41) is 0. The summed E-state index contributed by atoms with van der Waals surface area (Å²) >= 11 is 1.91. The quantitative estimate of drug-likeness (QED) is 0.682. The van der Waals surface area contributed by atoms with Crippen molar-refractivity contribution in [3.8, 4) is 0 Å². The highest BCUT2D eigenvalue weighted by atomic mass is 32.2. The fourth-order valence-corrected chi connectivity index (χ4v) is 2.88. The van der Waals surface area contributed by atoms with Crippen LogP contribution in [0.1, 0.15) is 26.2 Å². The maximum absolute atomic E-state index is 2.51. The average Bonchev–Trinajstić information content (AvgIpc) is 2.23. The topological polar surface area (TPSA) is 3.24 Å². The molecule has 0 spiro atoms. The Balaban J connectivity index is 1.96. The molecule has 0 saturated carbocycles. The van der Waals surface area contributed by atoms with Gasteiger partial charge in [-0.15, -0.1) is 0 Å².